The van der Waals surface area contributed by atoms with Gasteiger partial charge in [-0.3, -0.25) is 4.79 Å². The molecule has 0 aromatic heterocycles. The van der Waals surface area contributed by atoms with Gasteiger partial charge < -0.3 is 10.2 Å². The lowest BCUT2D eigenvalue weighted by Gasteiger charge is -2.52. The Morgan fingerprint density at radius 1 is 1.25 bits per heavy atom. The fourth-order valence-corrected chi connectivity index (χ4v) is 3.17. The lowest BCUT2D eigenvalue weighted by Crippen LogP contribution is -2.61. The lowest BCUT2D eigenvalue weighted by atomic mass is 9.58. The quantitative estimate of drug-likeness (QED) is 0.773. The van der Waals surface area contributed by atoms with Crippen molar-refractivity contribution in [2.45, 2.75) is 45.6 Å². The van der Waals surface area contributed by atoms with Gasteiger partial charge in [0.1, 0.15) is 0 Å². The molecule has 1 saturated heterocycles. The van der Waals surface area contributed by atoms with Crippen LogP contribution >= 0.6 is 0 Å². The second-order valence-electron chi connectivity index (χ2n) is 5.84. The normalized spacial score (nSPS) is 33.3. The summed E-state index contributed by atoms with van der Waals surface area (Å²) in [6.45, 7) is 6.39. The van der Waals surface area contributed by atoms with Gasteiger partial charge in [0.2, 0.25) is 5.91 Å². The Balaban J connectivity index is 1.96. The Labute approximate surface area is 98.6 Å². The van der Waals surface area contributed by atoms with Crippen molar-refractivity contribution in [1.29, 1.82) is 0 Å². The summed E-state index contributed by atoms with van der Waals surface area (Å²) < 4.78 is 0. The van der Waals surface area contributed by atoms with Crippen LogP contribution in [0.5, 0.6) is 0 Å². The van der Waals surface area contributed by atoms with Crippen LogP contribution in [0.3, 0.4) is 0 Å². The van der Waals surface area contributed by atoms with Gasteiger partial charge in [-0.15, -0.1) is 0 Å². The number of likely N-dealkylation sites (tertiary alicyclic amines) is 1. The number of hydrogen-bond donors (Lipinski definition) is 1. The van der Waals surface area contributed by atoms with Crippen LogP contribution in [0.1, 0.15) is 39.5 Å². The summed E-state index contributed by atoms with van der Waals surface area (Å²) in [4.78, 5) is 14.4. The maximum absolute atomic E-state index is 12.4. The van der Waals surface area contributed by atoms with Crippen LogP contribution in [-0.4, -0.2) is 37.0 Å². The van der Waals surface area contributed by atoms with Crippen molar-refractivity contribution in [1.82, 2.24) is 10.2 Å². The van der Waals surface area contributed by atoms with E-state index in [2.05, 4.69) is 24.1 Å². The molecule has 1 saturated carbocycles. The van der Waals surface area contributed by atoms with Crippen LogP contribution in [-0.2, 0) is 4.79 Å². The molecule has 3 heteroatoms. The first-order chi connectivity index (χ1) is 7.57. The highest BCUT2D eigenvalue weighted by Gasteiger charge is 2.51. The topological polar surface area (TPSA) is 32.3 Å². The lowest BCUT2D eigenvalue weighted by molar-refractivity contribution is -0.149. The maximum atomic E-state index is 12.4. The van der Waals surface area contributed by atoms with E-state index in [0.29, 0.717) is 11.9 Å². The van der Waals surface area contributed by atoms with Crippen molar-refractivity contribution in [3.8, 4) is 0 Å². The Hall–Kier alpha value is -0.570. The molecule has 0 aromatic rings. The summed E-state index contributed by atoms with van der Waals surface area (Å²) in [5.41, 5.74) is 0.128. The van der Waals surface area contributed by atoms with E-state index in [1.54, 1.807) is 0 Å². The predicted octanol–water partition coefficient (Wildman–Crippen LogP) is 1.63. The second kappa shape index (κ2) is 4.36. The van der Waals surface area contributed by atoms with Crippen molar-refractivity contribution in [2.75, 3.05) is 20.1 Å². The first kappa shape index (κ1) is 11.9. The summed E-state index contributed by atoms with van der Waals surface area (Å²) in [6, 6.07) is 0.506. The average Bonchev–Trinajstić information content (AvgIpc) is 2.29. The van der Waals surface area contributed by atoms with Crippen LogP contribution in [0.25, 0.3) is 0 Å². The molecule has 2 atom stereocenters. The van der Waals surface area contributed by atoms with Crippen molar-refractivity contribution in [2.24, 2.45) is 11.3 Å². The molecule has 2 fully saturated rings. The molecular weight excluding hydrogens is 200 g/mol. The maximum Gasteiger partial charge on any atom is 0.226 e. The summed E-state index contributed by atoms with van der Waals surface area (Å²) in [5.74, 6) is 0.638. The largest absolute Gasteiger partial charge is 0.342 e. The number of nitrogens with one attached hydrogen (secondary N) is 1. The molecule has 1 amide bonds. The number of hydrogen-bond acceptors (Lipinski definition) is 2. The highest BCUT2D eigenvalue weighted by atomic mass is 16.2. The van der Waals surface area contributed by atoms with Gasteiger partial charge in [-0.1, -0.05) is 13.8 Å². The van der Waals surface area contributed by atoms with Crippen LogP contribution < -0.4 is 5.32 Å². The van der Waals surface area contributed by atoms with Gasteiger partial charge in [0.05, 0.1) is 0 Å². The molecule has 92 valence electrons. The standard InChI is InChI=1S/C13H24N2O/c1-13(2)10(9-11(13)14-3)12(16)15-7-5-4-6-8-15/h10-11,14H,4-9H2,1-3H3/t10-,11?/m1/s1. The van der Waals surface area contributed by atoms with Crippen molar-refractivity contribution >= 4 is 5.91 Å². The third kappa shape index (κ3) is 1.86. The third-order valence-electron chi connectivity index (χ3n) is 4.58. The average molecular weight is 224 g/mol. The molecule has 16 heavy (non-hydrogen) atoms. The van der Waals surface area contributed by atoms with E-state index in [-0.39, 0.29) is 11.3 Å². The Morgan fingerprint density at radius 2 is 1.88 bits per heavy atom. The van der Waals surface area contributed by atoms with Gasteiger partial charge in [0.15, 0.2) is 0 Å². The van der Waals surface area contributed by atoms with Crippen molar-refractivity contribution in [3.05, 3.63) is 0 Å². The molecular formula is C13H24N2O. The van der Waals surface area contributed by atoms with E-state index in [1.165, 1.54) is 19.3 Å². The minimum atomic E-state index is 0.128. The van der Waals surface area contributed by atoms with Crippen LogP contribution in [0.15, 0.2) is 0 Å². The Morgan fingerprint density at radius 3 is 2.38 bits per heavy atom. The molecule has 0 spiro atoms. The summed E-state index contributed by atoms with van der Waals surface area (Å²) in [7, 11) is 1.99. The number of rotatable bonds is 2. The predicted molar refractivity (Wildman–Crippen MR) is 65.2 cm³/mol. The highest BCUT2D eigenvalue weighted by molar-refractivity contribution is 5.81. The molecule has 2 aliphatic rings. The van der Waals surface area contributed by atoms with Crippen LogP contribution in [0.2, 0.25) is 0 Å². The van der Waals surface area contributed by atoms with Crippen LogP contribution in [0, 0.1) is 11.3 Å². The Kier molecular flexibility index (Phi) is 3.24. The number of piperidine rings is 1. The number of nitrogens with zero attached hydrogens (tertiary/aromatic N) is 1. The van der Waals surface area contributed by atoms with E-state index in [0.717, 1.165) is 19.5 Å². The van der Waals surface area contributed by atoms with Gasteiger partial charge in [-0.05, 0) is 38.1 Å². The zero-order valence-electron chi connectivity index (χ0n) is 10.8. The SMILES string of the molecule is CNC1C[C@H](C(=O)N2CCCCC2)C1(C)C. The van der Waals surface area contributed by atoms with Gasteiger partial charge in [-0.25, -0.2) is 0 Å². The molecule has 1 N–H and O–H groups in total. The molecule has 0 bridgehead atoms. The van der Waals surface area contributed by atoms with Crippen molar-refractivity contribution < 1.29 is 4.79 Å². The van der Waals surface area contributed by atoms with Crippen LogP contribution in [0.4, 0.5) is 0 Å². The number of carbonyl (C=O) groups is 1. The van der Waals surface area contributed by atoms with Gasteiger partial charge >= 0.3 is 0 Å². The fourth-order valence-electron chi connectivity index (χ4n) is 3.17. The zero-order chi connectivity index (χ0) is 11.8. The zero-order valence-corrected chi connectivity index (χ0v) is 10.8. The van der Waals surface area contributed by atoms with E-state index in [4.69, 9.17) is 0 Å². The van der Waals surface area contributed by atoms with E-state index >= 15 is 0 Å². The minimum Gasteiger partial charge on any atom is -0.342 e. The van der Waals surface area contributed by atoms with E-state index < -0.39 is 0 Å². The van der Waals surface area contributed by atoms with Gasteiger partial charge in [0, 0.05) is 25.0 Å². The molecule has 1 heterocycles. The van der Waals surface area contributed by atoms with Gasteiger partial charge in [-0.2, -0.15) is 0 Å². The summed E-state index contributed by atoms with van der Waals surface area (Å²) in [6.07, 6.45) is 4.68. The highest BCUT2D eigenvalue weighted by Crippen LogP contribution is 2.47. The first-order valence-corrected chi connectivity index (χ1v) is 6.53. The molecule has 0 aromatic carbocycles. The second-order valence-corrected chi connectivity index (χ2v) is 5.84. The molecule has 2 rings (SSSR count). The molecule has 1 unspecified atom stereocenters. The Bertz CT molecular complexity index is 269. The summed E-state index contributed by atoms with van der Waals surface area (Å²) in [5, 5.41) is 3.31. The number of carbonyl (C=O) groups excluding carboxylic acids is 1. The summed E-state index contributed by atoms with van der Waals surface area (Å²) >= 11 is 0. The van der Waals surface area contributed by atoms with Gasteiger partial charge in [0.25, 0.3) is 0 Å². The molecule has 0 radical (unpaired) electrons. The molecule has 1 aliphatic carbocycles. The first-order valence-electron chi connectivity index (χ1n) is 6.53. The fraction of sp³-hybridized carbons (Fsp3) is 0.923. The monoisotopic (exact) mass is 224 g/mol. The smallest absolute Gasteiger partial charge is 0.226 e. The third-order valence-corrected chi connectivity index (χ3v) is 4.58. The molecule has 1 aliphatic heterocycles. The minimum absolute atomic E-state index is 0.128. The van der Waals surface area contributed by atoms with E-state index in [9.17, 15) is 4.79 Å². The molecule has 3 nitrogen and oxygen atoms in total. The van der Waals surface area contributed by atoms with Crippen molar-refractivity contribution in [3.63, 3.8) is 0 Å². The van der Waals surface area contributed by atoms with E-state index in [1.807, 2.05) is 7.05 Å². The number of amides is 1.